The third kappa shape index (κ3) is 7.89. The van der Waals surface area contributed by atoms with Crippen molar-refractivity contribution in [2.45, 2.75) is 76.1 Å². The third-order valence-corrected chi connectivity index (χ3v) is 8.04. The Hall–Kier alpha value is -2.72. The summed E-state index contributed by atoms with van der Waals surface area (Å²) >= 11 is 1.45. The average molecular weight is 542 g/mol. The Bertz CT molecular complexity index is 1070. The van der Waals surface area contributed by atoms with E-state index in [0.29, 0.717) is 23.6 Å². The lowest BCUT2D eigenvalue weighted by molar-refractivity contribution is -0.127. The second kappa shape index (κ2) is 13.9. The highest BCUT2D eigenvalue weighted by molar-refractivity contribution is 7.99. The first-order chi connectivity index (χ1) is 18.4. The minimum absolute atomic E-state index is 0.0720. The van der Waals surface area contributed by atoms with Gasteiger partial charge in [-0.3, -0.25) is 14.4 Å². The first-order valence-electron chi connectivity index (χ1n) is 13.8. The molecule has 1 saturated carbocycles. The molecule has 10 heteroatoms. The monoisotopic (exact) mass is 541 g/mol. The van der Waals surface area contributed by atoms with E-state index in [9.17, 15) is 14.4 Å². The van der Waals surface area contributed by atoms with Crippen molar-refractivity contribution in [1.29, 1.82) is 0 Å². The second-order valence-electron chi connectivity index (χ2n) is 10.7. The summed E-state index contributed by atoms with van der Waals surface area (Å²) in [6.45, 7) is 7.21. The van der Waals surface area contributed by atoms with Crippen LogP contribution in [-0.4, -0.2) is 70.2 Å². The number of thioether (sulfide) groups is 1. The molecular formula is C28H39N5O4S. The van der Waals surface area contributed by atoms with Gasteiger partial charge in [0.15, 0.2) is 0 Å². The van der Waals surface area contributed by atoms with E-state index in [2.05, 4.69) is 25.7 Å². The number of nitrogens with zero attached hydrogens (tertiary/aromatic N) is 3. The fourth-order valence-corrected chi connectivity index (χ4v) is 5.99. The molecule has 0 radical (unpaired) electrons. The summed E-state index contributed by atoms with van der Waals surface area (Å²) in [4.78, 5) is 41.9. The molecule has 9 nitrogen and oxygen atoms in total. The van der Waals surface area contributed by atoms with Gasteiger partial charge in [0.25, 0.3) is 17.0 Å². The number of benzene rings is 1. The molecule has 3 atom stereocenters. The summed E-state index contributed by atoms with van der Waals surface area (Å²) < 4.78 is 5.69. The van der Waals surface area contributed by atoms with Crippen LogP contribution in [0.4, 0.5) is 0 Å². The lowest BCUT2D eigenvalue weighted by Crippen LogP contribution is -2.52. The van der Waals surface area contributed by atoms with Crippen molar-refractivity contribution in [1.82, 2.24) is 25.7 Å². The standard InChI is InChI=1S/C28H39N5O4S/c1-19(2)18-23(24(34)27-31-32-28(37-27)38-17-16-33-14-8-9-15-33)30-26(36)21-12-6-7-13-22(21)29-25(35)20-10-4-3-5-11-20/h3-5,10-11,19,21-23H,6-9,12-18H2,1-2H3,(H,29,35)(H,30,36)/t21-,22+,23?/m1/s1. The van der Waals surface area contributed by atoms with E-state index in [1.165, 1.54) is 24.6 Å². The van der Waals surface area contributed by atoms with E-state index in [1.54, 1.807) is 12.1 Å². The Kier molecular flexibility index (Phi) is 10.3. The predicted molar refractivity (Wildman–Crippen MR) is 146 cm³/mol. The number of likely N-dealkylation sites (tertiary alicyclic amines) is 1. The Labute approximate surface area is 228 Å². The summed E-state index contributed by atoms with van der Waals surface area (Å²) in [5.41, 5.74) is 0.565. The van der Waals surface area contributed by atoms with Gasteiger partial charge in [-0.05, 0) is 63.2 Å². The van der Waals surface area contributed by atoms with E-state index in [4.69, 9.17) is 4.42 Å². The van der Waals surface area contributed by atoms with Crippen molar-refractivity contribution in [3.8, 4) is 0 Å². The molecule has 38 heavy (non-hydrogen) atoms. The maximum absolute atomic E-state index is 13.4. The third-order valence-electron chi connectivity index (χ3n) is 7.24. The predicted octanol–water partition coefficient (Wildman–Crippen LogP) is 3.96. The van der Waals surface area contributed by atoms with Crippen LogP contribution in [0, 0.1) is 11.8 Å². The SMILES string of the molecule is CC(C)CC(NC(=O)[C@@H]1CCCC[C@@H]1NC(=O)c1ccccc1)C(=O)c1nnc(SCCN2CCCC2)o1. The van der Waals surface area contributed by atoms with Crippen LogP contribution >= 0.6 is 11.8 Å². The molecule has 1 aromatic heterocycles. The minimum atomic E-state index is -0.766. The largest absolute Gasteiger partial charge is 0.408 e. The maximum Gasteiger partial charge on any atom is 0.286 e. The van der Waals surface area contributed by atoms with Crippen molar-refractivity contribution in [2.24, 2.45) is 11.8 Å². The van der Waals surface area contributed by atoms with E-state index in [-0.39, 0.29) is 35.4 Å². The highest BCUT2D eigenvalue weighted by Crippen LogP contribution is 2.26. The van der Waals surface area contributed by atoms with E-state index in [1.807, 2.05) is 32.0 Å². The van der Waals surface area contributed by atoms with Gasteiger partial charge in [0.1, 0.15) is 0 Å². The molecule has 0 spiro atoms. The van der Waals surface area contributed by atoms with Gasteiger partial charge in [0.05, 0.1) is 12.0 Å². The van der Waals surface area contributed by atoms with Gasteiger partial charge in [-0.1, -0.05) is 56.7 Å². The number of carbonyl (C=O) groups excluding carboxylic acids is 3. The highest BCUT2D eigenvalue weighted by atomic mass is 32.2. The lowest BCUT2D eigenvalue weighted by Gasteiger charge is -2.32. The Morgan fingerprint density at radius 3 is 2.53 bits per heavy atom. The Balaban J connectivity index is 1.37. The molecular weight excluding hydrogens is 502 g/mol. The lowest BCUT2D eigenvalue weighted by atomic mass is 9.83. The molecule has 2 amide bonds. The zero-order valence-electron chi connectivity index (χ0n) is 22.4. The summed E-state index contributed by atoms with van der Waals surface area (Å²) in [5.74, 6) is -0.268. The Morgan fingerprint density at radius 1 is 1.05 bits per heavy atom. The molecule has 1 aliphatic heterocycles. The summed E-state index contributed by atoms with van der Waals surface area (Å²) in [5, 5.41) is 14.4. The van der Waals surface area contributed by atoms with Crippen LogP contribution in [0.1, 0.15) is 79.8 Å². The first-order valence-corrected chi connectivity index (χ1v) is 14.8. The molecule has 1 aliphatic carbocycles. The number of amides is 2. The zero-order valence-corrected chi connectivity index (χ0v) is 23.2. The molecule has 4 rings (SSSR count). The van der Waals surface area contributed by atoms with Crippen LogP contribution in [0.25, 0.3) is 0 Å². The summed E-state index contributed by atoms with van der Waals surface area (Å²) in [6, 6.07) is 7.96. The van der Waals surface area contributed by atoms with Gasteiger partial charge in [0, 0.05) is 23.9 Å². The smallest absolute Gasteiger partial charge is 0.286 e. The van der Waals surface area contributed by atoms with Crippen LogP contribution < -0.4 is 10.6 Å². The topological polar surface area (TPSA) is 117 Å². The molecule has 2 fully saturated rings. The fraction of sp³-hybridized carbons (Fsp3) is 0.607. The number of aromatic nitrogens is 2. The van der Waals surface area contributed by atoms with Crippen molar-refractivity contribution in [2.75, 3.05) is 25.4 Å². The van der Waals surface area contributed by atoms with E-state index in [0.717, 1.165) is 44.6 Å². The van der Waals surface area contributed by atoms with E-state index >= 15 is 0 Å². The normalized spacial score (nSPS) is 20.8. The average Bonchev–Trinajstić information content (AvgIpc) is 3.61. The number of Topliss-reactive ketones (excluding diaryl/α,β-unsaturated/α-hetero) is 1. The van der Waals surface area contributed by atoms with Gasteiger partial charge in [0.2, 0.25) is 11.7 Å². The van der Waals surface area contributed by atoms with Crippen LogP contribution in [-0.2, 0) is 4.79 Å². The van der Waals surface area contributed by atoms with Gasteiger partial charge in [-0.25, -0.2) is 0 Å². The number of nitrogens with one attached hydrogen (secondary N) is 2. The van der Waals surface area contributed by atoms with Gasteiger partial charge in [-0.15, -0.1) is 10.2 Å². The number of carbonyl (C=O) groups is 3. The molecule has 1 unspecified atom stereocenters. The zero-order chi connectivity index (χ0) is 26.9. The molecule has 2 N–H and O–H groups in total. The molecule has 2 aliphatic rings. The maximum atomic E-state index is 13.4. The van der Waals surface area contributed by atoms with Crippen LogP contribution in [0.5, 0.6) is 0 Å². The van der Waals surface area contributed by atoms with Crippen molar-refractivity contribution >= 4 is 29.4 Å². The summed E-state index contributed by atoms with van der Waals surface area (Å²) in [7, 11) is 0. The van der Waals surface area contributed by atoms with Gasteiger partial charge in [-0.2, -0.15) is 0 Å². The highest BCUT2D eigenvalue weighted by Gasteiger charge is 2.35. The molecule has 0 bridgehead atoms. The molecule has 1 aromatic carbocycles. The summed E-state index contributed by atoms with van der Waals surface area (Å²) in [6.07, 6.45) is 6.17. The fourth-order valence-electron chi connectivity index (χ4n) is 5.23. The minimum Gasteiger partial charge on any atom is -0.408 e. The number of hydrogen-bond donors (Lipinski definition) is 2. The number of hydrogen-bond acceptors (Lipinski definition) is 8. The molecule has 1 saturated heterocycles. The van der Waals surface area contributed by atoms with Gasteiger partial charge >= 0.3 is 0 Å². The quantitative estimate of drug-likeness (QED) is 0.306. The Morgan fingerprint density at radius 2 is 1.79 bits per heavy atom. The van der Waals surface area contributed by atoms with Crippen molar-refractivity contribution in [3.05, 3.63) is 41.8 Å². The molecule has 206 valence electrons. The number of rotatable bonds is 12. The van der Waals surface area contributed by atoms with Crippen molar-refractivity contribution in [3.63, 3.8) is 0 Å². The molecule has 2 aromatic rings. The second-order valence-corrected chi connectivity index (χ2v) is 11.7. The molecule has 2 heterocycles. The van der Waals surface area contributed by atoms with Gasteiger partial charge < -0.3 is 20.0 Å². The number of ketones is 1. The van der Waals surface area contributed by atoms with Crippen molar-refractivity contribution < 1.29 is 18.8 Å². The van der Waals surface area contributed by atoms with Crippen LogP contribution in [0.3, 0.4) is 0 Å². The van der Waals surface area contributed by atoms with Crippen LogP contribution in [0.2, 0.25) is 0 Å². The van der Waals surface area contributed by atoms with Crippen LogP contribution in [0.15, 0.2) is 40.0 Å². The van der Waals surface area contributed by atoms with E-state index < -0.39 is 12.0 Å². The first kappa shape index (κ1) is 28.3.